The molecule has 0 radical (unpaired) electrons. The number of aromatic nitrogens is 2. The van der Waals surface area contributed by atoms with E-state index in [0.29, 0.717) is 36.4 Å². The van der Waals surface area contributed by atoms with Gasteiger partial charge < -0.3 is 15.0 Å². The van der Waals surface area contributed by atoms with Crippen molar-refractivity contribution in [3.8, 4) is 17.0 Å². The number of pyridine rings is 1. The minimum absolute atomic E-state index is 0.0662. The van der Waals surface area contributed by atoms with Crippen molar-refractivity contribution in [2.75, 3.05) is 6.54 Å². The molecular formula is C25H22FN3O2. The van der Waals surface area contributed by atoms with Crippen molar-refractivity contribution in [3.63, 3.8) is 0 Å². The van der Waals surface area contributed by atoms with E-state index in [1.165, 1.54) is 12.1 Å². The van der Waals surface area contributed by atoms with Crippen LogP contribution in [0.1, 0.15) is 16.8 Å². The zero-order valence-corrected chi connectivity index (χ0v) is 17.1. The number of hydrogen-bond acceptors (Lipinski definition) is 3. The minimum Gasteiger partial charge on any atom is -0.487 e. The Morgan fingerprint density at radius 3 is 2.90 bits per heavy atom. The van der Waals surface area contributed by atoms with Gasteiger partial charge >= 0.3 is 0 Å². The van der Waals surface area contributed by atoms with Gasteiger partial charge in [0.25, 0.3) is 0 Å². The molecule has 31 heavy (non-hydrogen) atoms. The maximum absolute atomic E-state index is 14.2. The highest BCUT2D eigenvalue weighted by Crippen LogP contribution is 2.38. The van der Waals surface area contributed by atoms with Gasteiger partial charge in [0, 0.05) is 40.3 Å². The number of H-pyrrole nitrogens is 1. The summed E-state index contributed by atoms with van der Waals surface area (Å²) in [6.07, 6.45) is 2.27. The first-order valence-corrected chi connectivity index (χ1v) is 10.3. The molecular weight excluding hydrogens is 393 g/mol. The van der Waals surface area contributed by atoms with Crippen LogP contribution in [-0.4, -0.2) is 28.5 Å². The molecule has 0 saturated heterocycles. The third-order valence-corrected chi connectivity index (χ3v) is 5.69. The Labute approximate surface area is 179 Å². The number of amides is 1. The lowest BCUT2D eigenvalue weighted by Crippen LogP contribution is -2.35. The number of hydrogen-bond donors (Lipinski definition) is 2. The fraction of sp³-hybridized carbons (Fsp3) is 0.200. The first-order valence-electron chi connectivity index (χ1n) is 10.3. The maximum atomic E-state index is 14.2. The Kier molecular flexibility index (Phi) is 4.90. The van der Waals surface area contributed by atoms with Crippen molar-refractivity contribution in [2.24, 2.45) is 0 Å². The predicted octanol–water partition coefficient (Wildman–Crippen LogP) is 4.34. The Bertz CT molecular complexity index is 1270. The van der Waals surface area contributed by atoms with Gasteiger partial charge in [-0.3, -0.25) is 9.78 Å². The fourth-order valence-corrected chi connectivity index (χ4v) is 4.23. The third kappa shape index (κ3) is 3.77. The summed E-state index contributed by atoms with van der Waals surface area (Å²) < 4.78 is 20.3. The smallest absolute Gasteiger partial charge is 0.224 e. The first kappa shape index (κ1) is 19.3. The first-order chi connectivity index (χ1) is 15.1. The largest absolute Gasteiger partial charge is 0.487 e. The van der Waals surface area contributed by atoms with E-state index in [9.17, 15) is 9.18 Å². The van der Waals surface area contributed by atoms with Crippen molar-refractivity contribution in [1.82, 2.24) is 15.3 Å². The van der Waals surface area contributed by atoms with Crippen LogP contribution in [0.2, 0.25) is 0 Å². The maximum Gasteiger partial charge on any atom is 0.224 e. The number of nitrogens with one attached hydrogen (secondary N) is 2. The van der Waals surface area contributed by atoms with E-state index in [0.717, 1.165) is 27.7 Å². The number of carbonyl (C=O) groups excluding carboxylic acids is 1. The molecule has 4 aromatic rings. The van der Waals surface area contributed by atoms with Crippen LogP contribution in [0.15, 0.2) is 60.8 Å². The van der Waals surface area contributed by atoms with E-state index in [4.69, 9.17) is 4.74 Å². The highest BCUT2D eigenvalue weighted by atomic mass is 19.1. The number of ether oxygens (including phenoxy) is 1. The average molecular weight is 415 g/mol. The number of aromatic amines is 1. The van der Waals surface area contributed by atoms with Gasteiger partial charge in [-0.15, -0.1) is 0 Å². The molecule has 3 heterocycles. The van der Waals surface area contributed by atoms with Crippen molar-refractivity contribution < 1.29 is 13.9 Å². The van der Waals surface area contributed by atoms with E-state index in [1.54, 1.807) is 6.20 Å². The van der Waals surface area contributed by atoms with Crippen LogP contribution in [0.3, 0.4) is 0 Å². The molecule has 2 aromatic heterocycles. The quantitative estimate of drug-likeness (QED) is 0.510. The number of para-hydroxylation sites is 1. The molecule has 2 N–H and O–H groups in total. The van der Waals surface area contributed by atoms with Gasteiger partial charge in [-0.2, -0.15) is 0 Å². The van der Waals surface area contributed by atoms with Gasteiger partial charge in [0.15, 0.2) is 0 Å². The van der Waals surface area contributed by atoms with Crippen LogP contribution < -0.4 is 10.1 Å². The number of fused-ring (bicyclic) bond motifs is 2. The minimum atomic E-state index is -0.317. The number of rotatable bonds is 5. The summed E-state index contributed by atoms with van der Waals surface area (Å²) in [7, 11) is 0. The summed E-state index contributed by atoms with van der Waals surface area (Å²) in [4.78, 5) is 20.3. The van der Waals surface area contributed by atoms with Crippen molar-refractivity contribution in [1.29, 1.82) is 0 Å². The molecule has 2 aromatic carbocycles. The van der Waals surface area contributed by atoms with E-state index >= 15 is 0 Å². The van der Waals surface area contributed by atoms with Crippen LogP contribution >= 0.6 is 0 Å². The van der Waals surface area contributed by atoms with Gasteiger partial charge in [-0.05, 0) is 42.8 Å². The summed E-state index contributed by atoms with van der Waals surface area (Å²) in [6.45, 7) is 2.34. The van der Waals surface area contributed by atoms with Gasteiger partial charge in [0.05, 0.1) is 18.7 Å². The Morgan fingerprint density at radius 2 is 2.06 bits per heavy atom. The Morgan fingerprint density at radius 1 is 1.23 bits per heavy atom. The SMILES string of the molecule is Cc1[nH]c2ccccc2c1CC(=O)NC[C@@H]1Cc2cc(F)cc(-c3ccccn3)c2O1. The molecule has 0 fully saturated rings. The molecule has 1 amide bonds. The molecule has 5 rings (SSSR count). The normalized spacial score (nSPS) is 15.0. The van der Waals surface area contributed by atoms with Crippen molar-refractivity contribution in [3.05, 3.63) is 83.4 Å². The van der Waals surface area contributed by atoms with E-state index in [1.807, 2.05) is 49.4 Å². The molecule has 0 unspecified atom stereocenters. The number of carbonyl (C=O) groups is 1. The van der Waals surface area contributed by atoms with Crippen LogP contribution in [0, 0.1) is 12.7 Å². The Hall–Kier alpha value is -3.67. The number of halogens is 1. The fourth-order valence-electron chi connectivity index (χ4n) is 4.23. The topological polar surface area (TPSA) is 67.0 Å². The van der Waals surface area contributed by atoms with Crippen LogP contribution in [0.4, 0.5) is 4.39 Å². The number of nitrogens with zero attached hydrogens (tertiary/aromatic N) is 1. The van der Waals surface area contributed by atoms with E-state index in [2.05, 4.69) is 15.3 Å². The summed E-state index contributed by atoms with van der Waals surface area (Å²) >= 11 is 0. The van der Waals surface area contributed by atoms with Crippen LogP contribution in [-0.2, 0) is 17.6 Å². The molecule has 1 aliphatic heterocycles. The predicted molar refractivity (Wildman–Crippen MR) is 118 cm³/mol. The lowest BCUT2D eigenvalue weighted by Gasteiger charge is -2.13. The molecule has 1 aliphatic rings. The zero-order valence-electron chi connectivity index (χ0n) is 17.1. The second-order valence-electron chi connectivity index (χ2n) is 7.86. The standard InChI is InChI=1S/C25H22FN3O2/c1-15-20(19-6-2-3-8-23(19)29-15)13-24(30)28-14-18-11-16-10-17(26)12-21(25(16)31-18)22-7-4-5-9-27-22/h2-10,12,18,29H,11,13-14H2,1H3,(H,28,30)/t18-/m0/s1. The number of aryl methyl sites for hydroxylation is 1. The van der Waals surface area contributed by atoms with Gasteiger partial charge in [0.2, 0.25) is 5.91 Å². The summed E-state index contributed by atoms with van der Waals surface area (Å²) in [6, 6.07) is 16.4. The Balaban J connectivity index is 1.27. The van der Waals surface area contributed by atoms with E-state index < -0.39 is 0 Å². The molecule has 5 nitrogen and oxygen atoms in total. The average Bonchev–Trinajstić information content (AvgIpc) is 3.32. The second-order valence-corrected chi connectivity index (χ2v) is 7.86. The zero-order chi connectivity index (χ0) is 21.4. The van der Waals surface area contributed by atoms with Crippen LogP contribution in [0.25, 0.3) is 22.2 Å². The van der Waals surface area contributed by atoms with Gasteiger partial charge in [-0.25, -0.2) is 4.39 Å². The highest BCUT2D eigenvalue weighted by Gasteiger charge is 2.27. The molecule has 1 atom stereocenters. The second kappa shape index (κ2) is 7.87. The molecule has 156 valence electrons. The lowest BCUT2D eigenvalue weighted by molar-refractivity contribution is -0.120. The number of benzene rings is 2. The van der Waals surface area contributed by atoms with E-state index in [-0.39, 0.29) is 17.8 Å². The van der Waals surface area contributed by atoms with Crippen molar-refractivity contribution in [2.45, 2.75) is 25.9 Å². The summed E-state index contributed by atoms with van der Waals surface area (Å²) in [5, 5.41) is 4.04. The molecule has 0 saturated carbocycles. The van der Waals surface area contributed by atoms with Gasteiger partial charge in [0.1, 0.15) is 17.7 Å². The monoisotopic (exact) mass is 415 g/mol. The van der Waals surface area contributed by atoms with Gasteiger partial charge in [-0.1, -0.05) is 24.3 Å². The molecule has 0 spiro atoms. The summed E-state index contributed by atoms with van der Waals surface area (Å²) in [5.41, 5.74) is 5.13. The van der Waals surface area contributed by atoms with Crippen molar-refractivity contribution >= 4 is 16.8 Å². The summed E-state index contributed by atoms with van der Waals surface area (Å²) in [5.74, 6) is 0.262. The molecule has 0 aliphatic carbocycles. The third-order valence-electron chi connectivity index (χ3n) is 5.69. The highest BCUT2D eigenvalue weighted by molar-refractivity contribution is 5.90. The lowest BCUT2D eigenvalue weighted by atomic mass is 10.0. The van der Waals surface area contributed by atoms with Crippen LogP contribution in [0.5, 0.6) is 5.75 Å². The molecule has 0 bridgehead atoms. The molecule has 6 heteroatoms.